The first-order chi connectivity index (χ1) is 3.68. The molecule has 42 valence electrons. The molecule has 0 fully saturated rings. The molecule has 0 saturated carbocycles. The topological polar surface area (TPSA) is 87.1 Å². The van der Waals surface area contributed by atoms with E-state index in [1.54, 1.807) is 0 Å². The van der Waals surface area contributed by atoms with Crippen LogP contribution in [-0.4, -0.2) is 11.1 Å². The molecule has 0 bridgehead atoms. The molecule has 0 rings (SSSR count). The Morgan fingerprint density at radius 3 is 2.50 bits per heavy atom. The first kappa shape index (κ1) is 6.50. The number of carbonyl (C=O) groups is 1. The molecule has 0 unspecified atom stereocenters. The summed E-state index contributed by atoms with van der Waals surface area (Å²) in [5, 5.41) is 15.8. The molecule has 0 spiro atoms. The van der Waals surface area contributed by atoms with Crippen molar-refractivity contribution in [2.24, 2.45) is 5.73 Å². The van der Waals surface area contributed by atoms with Gasteiger partial charge in [-0.2, -0.15) is 5.26 Å². The van der Waals surface area contributed by atoms with Crippen LogP contribution in [0.25, 0.3) is 0 Å². The Bertz CT molecular complexity index is 165. The van der Waals surface area contributed by atoms with Gasteiger partial charge in [-0.1, -0.05) is 0 Å². The van der Waals surface area contributed by atoms with E-state index in [2.05, 4.69) is 0 Å². The Morgan fingerprint density at radius 2 is 2.38 bits per heavy atom. The first-order valence-corrected chi connectivity index (χ1v) is 1.77. The van der Waals surface area contributed by atoms with E-state index in [1.807, 2.05) is 0 Å². The molecule has 0 aliphatic carbocycles. The number of rotatable bonds is 1. The summed E-state index contributed by atoms with van der Waals surface area (Å²) in [5.41, 5.74) is 4.33. The van der Waals surface area contributed by atoms with Gasteiger partial charge in [-0.25, -0.2) is 4.79 Å². The van der Waals surface area contributed by atoms with Crippen molar-refractivity contribution in [1.29, 1.82) is 5.26 Å². The maximum absolute atomic E-state index is 9.74. The molecule has 3 N–H and O–H groups in total. The Morgan fingerprint density at radius 1 is 1.88 bits per heavy atom. The number of allylic oxidation sites excluding steroid dienone is 1. The lowest BCUT2D eigenvalue weighted by atomic mass is 10.4. The maximum Gasteiger partial charge on any atom is 0.352 e. The largest absolute Gasteiger partial charge is 0.477 e. The van der Waals surface area contributed by atoms with Gasteiger partial charge < -0.3 is 10.8 Å². The third-order valence-electron chi connectivity index (χ3n) is 0.467. The van der Waals surface area contributed by atoms with Crippen LogP contribution >= 0.6 is 0 Å². The summed E-state index contributed by atoms with van der Waals surface area (Å²) in [4.78, 5) is 9.74. The summed E-state index contributed by atoms with van der Waals surface area (Å²) in [6.07, 6.45) is 0.766. The van der Waals surface area contributed by atoms with Crippen molar-refractivity contribution in [1.82, 2.24) is 0 Å². The van der Waals surface area contributed by atoms with E-state index in [9.17, 15) is 4.79 Å². The molecule has 8 heavy (non-hydrogen) atoms. The summed E-state index contributed by atoms with van der Waals surface area (Å²) in [5.74, 6) is -1.27. The molecular weight excluding hydrogens is 108 g/mol. The van der Waals surface area contributed by atoms with Crippen molar-refractivity contribution in [2.75, 3.05) is 0 Å². The Hall–Kier alpha value is -1.50. The standard InChI is InChI=1S/C4H4N2O2/c5-2-1-3(6)4(7)8/h1H,6H2,(H,7,8). The third kappa shape index (κ3) is 1.82. The Kier molecular flexibility index (Phi) is 2.14. The molecular formula is C4H4N2O2. The first-order valence-electron chi connectivity index (χ1n) is 1.77. The zero-order valence-corrected chi connectivity index (χ0v) is 3.96. The van der Waals surface area contributed by atoms with E-state index in [0.29, 0.717) is 0 Å². The van der Waals surface area contributed by atoms with Gasteiger partial charge in [0.05, 0.1) is 6.07 Å². The lowest BCUT2D eigenvalue weighted by Gasteiger charge is -1.83. The quantitative estimate of drug-likeness (QED) is 0.351. The molecule has 0 aliphatic rings. The van der Waals surface area contributed by atoms with Crippen molar-refractivity contribution >= 4 is 5.97 Å². The lowest BCUT2D eigenvalue weighted by Crippen LogP contribution is -2.08. The number of aliphatic carboxylic acids is 1. The minimum Gasteiger partial charge on any atom is -0.477 e. The highest BCUT2D eigenvalue weighted by atomic mass is 16.4. The van der Waals surface area contributed by atoms with Crippen molar-refractivity contribution in [3.8, 4) is 6.07 Å². The van der Waals surface area contributed by atoms with Gasteiger partial charge in [-0.3, -0.25) is 0 Å². The van der Waals surface area contributed by atoms with Gasteiger partial charge in [0, 0.05) is 6.08 Å². The molecule has 0 aliphatic heterocycles. The van der Waals surface area contributed by atoms with Crippen LogP contribution in [0.3, 0.4) is 0 Å². The van der Waals surface area contributed by atoms with Crippen molar-refractivity contribution in [3.05, 3.63) is 11.8 Å². The molecule has 0 radical (unpaired) electrons. The fourth-order valence-electron chi connectivity index (χ4n) is 0.131. The lowest BCUT2D eigenvalue weighted by molar-refractivity contribution is -0.132. The minimum absolute atomic E-state index is 0.437. The Balaban J connectivity index is 4.06. The summed E-state index contributed by atoms with van der Waals surface area (Å²) in [6, 6.07) is 1.48. The zero-order chi connectivity index (χ0) is 6.57. The highest BCUT2D eigenvalue weighted by molar-refractivity contribution is 5.85. The summed E-state index contributed by atoms with van der Waals surface area (Å²) in [7, 11) is 0. The van der Waals surface area contributed by atoms with Crippen molar-refractivity contribution in [2.45, 2.75) is 0 Å². The highest BCUT2D eigenvalue weighted by Crippen LogP contribution is 1.78. The predicted octanol–water partition coefficient (Wildman–Crippen LogP) is -0.563. The fourth-order valence-corrected chi connectivity index (χ4v) is 0.131. The summed E-state index contributed by atoms with van der Waals surface area (Å²) < 4.78 is 0. The van der Waals surface area contributed by atoms with E-state index in [1.165, 1.54) is 6.07 Å². The molecule has 0 heterocycles. The van der Waals surface area contributed by atoms with E-state index < -0.39 is 11.7 Å². The second-order valence-electron chi connectivity index (χ2n) is 1.03. The van der Waals surface area contributed by atoms with Crippen LogP contribution in [0.4, 0.5) is 0 Å². The number of nitrogens with zero attached hydrogens (tertiary/aromatic N) is 1. The smallest absolute Gasteiger partial charge is 0.352 e. The molecule has 0 aromatic rings. The van der Waals surface area contributed by atoms with Gasteiger partial charge in [0.2, 0.25) is 0 Å². The van der Waals surface area contributed by atoms with Crippen LogP contribution < -0.4 is 5.73 Å². The number of nitrogens with two attached hydrogens (primary N) is 1. The SMILES string of the molecule is N#CC=C(N)C(=O)O. The van der Waals surface area contributed by atoms with Crippen LogP contribution in [0.1, 0.15) is 0 Å². The predicted molar refractivity (Wildman–Crippen MR) is 25.5 cm³/mol. The zero-order valence-electron chi connectivity index (χ0n) is 3.96. The average Bonchev–Trinajstić information content (AvgIpc) is 1.67. The second-order valence-corrected chi connectivity index (χ2v) is 1.03. The van der Waals surface area contributed by atoms with Crippen molar-refractivity contribution < 1.29 is 9.90 Å². The minimum atomic E-state index is -1.27. The Labute approximate surface area is 45.8 Å². The molecule has 4 nitrogen and oxygen atoms in total. The number of carboxylic acid groups (broad SMARTS) is 1. The molecule has 0 amide bonds. The highest BCUT2D eigenvalue weighted by Gasteiger charge is 1.96. The number of hydrogen-bond acceptors (Lipinski definition) is 3. The van der Waals surface area contributed by atoms with Gasteiger partial charge in [0.15, 0.2) is 0 Å². The molecule has 0 saturated heterocycles. The molecule has 0 atom stereocenters. The van der Waals surface area contributed by atoms with Gasteiger partial charge in [-0.05, 0) is 0 Å². The van der Waals surface area contributed by atoms with Crippen LogP contribution in [-0.2, 0) is 4.79 Å². The molecule has 0 aromatic carbocycles. The molecule has 4 heteroatoms. The monoisotopic (exact) mass is 112 g/mol. The van der Waals surface area contributed by atoms with Crippen LogP contribution in [0.5, 0.6) is 0 Å². The summed E-state index contributed by atoms with van der Waals surface area (Å²) in [6.45, 7) is 0. The van der Waals surface area contributed by atoms with Crippen LogP contribution in [0.15, 0.2) is 11.8 Å². The van der Waals surface area contributed by atoms with Gasteiger partial charge in [-0.15, -0.1) is 0 Å². The van der Waals surface area contributed by atoms with E-state index in [0.717, 1.165) is 6.08 Å². The van der Waals surface area contributed by atoms with Crippen LogP contribution in [0, 0.1) is 11.3 Å². The average molecular weight is 112 g/mol. The van der Waals surface area contributed by atoms with Gasteiger partial charge in [0.25, 0.3) is 0 Å². The molecule has 0 aromatic heterocycles. The van der Waals surface area contributed by atoms with E-state index >= 15 is 0 Å². The number of carboxylic acids is 1. The number of nitriles is 1. The van der Waals surface area contributed by atoms with Crippen LogP contribution in [0.2, 0.25) is 0 Å². The maximum atomic E-state index is 9.74. The van der Waals surface area contributed by atoms with Crippen molar-refractivity contribution in [3.63, 3.8) is 0 Å². The van der Waals surface area contributed by atoms with E-state index in [4.69, 9.17) is 16.1 Å². The third-order valence-corrected chi connectivity index (χ3v) is 0.467. The second kappa shape index (κ2) is 2.64. The number of hydrogen-bond donors (Lipinski definition) is 2. The van der Waals surface area contributed by atoms with E-state index in [-0.39, 0.29) is 0 Å². The van der Waals surface area contributed by atoms with Gasteiger partial charge in [0.1, 0.15) is 5.70 Å². The summed E-state index contributed by atoms with van der Waals surface area (Å²) >= 11 is 0. The normalized spacial score (nSPS) is 10.1. The fraction of sp³-hybridized carbons (Fsp3) is 0. The van der Waals surface area contributed by atoms with Gasteiger partial charge >= 0.3 is 5.97 Å².